The lowest BCUT2D eigenvalue weighted by Crippen LogP contribution is -2.46. The SMILES string of the molecule is COCCNC(=O)[C@@H]1CCCN1C(=O)c1ccc(NC(=O)c2ccccc2OC)cc1. The van der Waals surface area contributed by atoms with Crippen LogP contribution in [0, 0.1) is 0 Å². The minimum absolute atomic E-state index is 0.163. The van der Waals surface area contributed by atoms with Crippen LogP contribution in [-0.2, 0) is 9.53 Å². The molecule has 1 saturated heterocycles. The summed E-state index contributed by atoms with van der Waals surface area (Å²) in [6.45, 7) is 1.37. The predicted octanol–water partition coefficient (Wildman–Crippen LogP) is 2.31. The van der Waals surface area contributed by atoms with Gasteiger partial charge in [0.15, 0.2) is 0 Å². The van der Waals surface area contributed by atoms with Crippen LogP contribution in [0.3, 0.4) is 0 Å². The Balaban J connectivity index is 1.64. The predicted molar refractivity (Wildman–Crippen MR) is 116 cm³/mol. The smallest absolute Gasteiger partial charge is 0.259 e. The number of amides is 3. The van der Waals surface area contributed by atoms with Crippen LogP contribution in [0.15, 0.2) is 48.5 Å². The quantitative estimate of drug-likeness (QED) is 0.633. The zero-order valence-corrected chi connectivity index (χ0v) is 17.7. The first-order valence-corrected chi connectivity index (χ1v) is 10.2. The maximum atomic E-state index is 12.9. The van der Waals surface area contributed by atoms with Crippen molar-refractivity contribution < 1.29 is 23.9 Å². The van der Waals surface area contributed by atoms with Gasteiger partial charge >= 0.3 is 0 Å². The molecule has 0 spiro atoms. The van der Waals surface area contributed by atoms with Crippen LogP contribution in [0.2, 0.25) is 0 Å². The summed E-state index contributed by atoms with van der Waals surface area (Å²) in [5, 5.41) is 5.61. The van der Waals surface area contributed by atoms with Crippen molar-refractivity contribution in [3.8, 4) is 5.75 Å². The lowest BCUT2D eigenvalue weighted by molar-refractivity contribution is -0.125. The van der Waals surface area contributed by atoms with Gasteiger partial charge in [-0.05, 0) is 49.2 Å². The first kappa shape index (κ1) is 22.3. The molecule has 2 aromatic carbocycles. The third kappa shape index (κ3) is 5.40. The number of carbonyl (C=O) groups excluding carboxylic acids is 3. The van der Waals surface area contributed by atoms with Gasteiger partial charge in [0.25, 0.3) is 11.8 Å². The molecule has 31 heavy (non-hydrogen) atoms. The molecule has 1 aliphatic heterocycles. The van der Waals surface area contributed by atoms with Gasteiger partial charge in [0.05, 0.1) is 19.3 Å². The van der Waals surface area contributed by atoms with E-state index in [0.29, 0.717) is 48.7 Å². The zero-order chi connectivity index (χ0) is 22.2. The Morgan fingerprint density at radius 2 is 1.81 bits per heavy atom. The molecule has 0 aliphatic carbocycles. The highest BCUT2D eigenvalue weighted by molar-refractivity contribution is 6.06. The number of nitrogens with one attached hydrogen (secondary N) is 2. The fourth-order valence-corrected chi connectivity index (χ4v) is 3.57. The third-order valence-corrected chi connectivity index (χ3v) is 5.16. The summed E-state index contributed by atoms with van der Waals surface area (Å²) >= 11 is 0. The molecule has 1 heterocycles. The number of para-hydroxylation sites is 1. The molecule has 0 saturated carbocycles. The van der Waals surface area contributed by atoms with Gasteiger partial charge in [-0.2, -0.15) is 0 Å². The number of likely N-dealkylation sites (tertiary alicyclic amines) is 1. The third-order valence-electron chi connectivity index (χ3n) is 5.16. The highest BCUT2D eigenvalue weighted by atomic mass is 16.5. The highest BCUT2D eigenvalue weighted by Gasteiger charge is 2.34. The number of hydrogen-bond acceptors (Lipinski definition) is 5. The van der Waals surface area contributed by atoms with Gasteiger partial charge in [-0.1, -0.05) is 12.1 Å². The number of anilines is 1. The van der Waals surface area contributed by atoms with Crippen LogP contribution >= 0.6 is 0 Å². The second kappa shape index (κ2) is 10.6. The monoisotopic (exact) mass is 425 g/mol. The van der Waals surface area contributed by atoms with E-state index in [1.54, 1.807) is 60.5 Å². The Labute approximate surface area is 181 Å². The van der Waals surface area contributed by atoms with E-state index in [2.05, 4.69) is 10.6 Å². The molecule has 1 aliphatic rings. The maximum Gasteiger partial charge on any atom is 0.259 e. The first-order valence-electron chi connectivity index (χ1n) is 10.2. The number of carbonyl (C=O) groups is 3. The summed E-state index contributed by atoms with van der Waals surface area (Å²) in [6.07, 6.45) is 1.42. The van der Waals surface area contributed by atoms with Crippen LogP contribution < -0.4 is 15.4 Å². The fraction of sp³-hybridized carbons (Fsp3) is 0.348. The molecule has 3 amide bonds. The van der Waals surface area contributed by atoms with E-state index in [1.807, 2.05) is 0 Å². The Morgan fingerprint density at radius 1 is 1.06 bits per heavy atom. The number of hydrogen-bond donors (Lipinski definition) is 2. The second-order valence-electron chi connectivity index (χ2n) is 7.17. The Bertz CT molecular complexity index is 929. The lowest BCUT2D eigenvalue weighted by atomic mass is 10.1. The first-order chi connectivity index (χ1) is 15.0. The molecule has 8 nitrogen and oxygen atoms in total. The molecule has 1 fully saturated rings. The van der Waals surface area contributed by atoms with Gasteiger partial charge in [-0.3, -0.25) is 14.4 Å². The van der Waals surface area contributed by atoms with Crippen molar-refractivity contribution in [2.45, 2.75) is 18.9 Å². The standard InChI is InChI=1S/C23H27N3O5/c1-30-15-13-24-22(28)19-7-5-14-26(19)23(29)16-9-11-17(12-10-16)25-21(27)18-6-3-4-8-20(18)31-2/h3-4,6,8-12,19H,5,7,13-15H2,1-2H3,(H,24,28)(H,25,27)/t19-/m0/s1. The van der Waals surface area contributed by atoms with Crippen molar-refractivity contribution in [3.63, 3.8) is 0 Å². The van der Waals surface area contributed by atoms with Gasteiger partial charge in [-0.25, -0.2) is 0 Å². The number of benzene rings is 2. The molecule has 0 aromatic heterocycles. The van der Waals surface area contributed by atoms with E-state index in [1.165, 1.54) is 7.11 Å². The lowest BCUT2D eigenvalue weighted by Gasteiger charge is -2.24. The van der Waals surface area contributed by atoms with Crippen LogP contribution in [0.25, 0.3) is 0 Å². The Kier molecular flexibility index (Phi) is 7.61. The van der Waals surface area contributed by atoms with Crippen molar-refractivity contribution in [2.24, 2.45) is 0 Å². The van der Waals surface area contributed by atoms with Crippen molar-refractivity contribution in [1.29, 1.82) is 0 Å². The van der Waals surface area contributed by atoms with E-state index in [9.17, 15) is 14.4 Å². The summed E-state index contributed by atoms with van der Waals surface area (Å²) in [6, 6.07) is 13.1. The molecule has 2 N–H and O–H groups in total. The average Bonchev–Trinajstić information content (AvgIpc) is 3.29. The number of rotatable bonds is 8. The molecule has 0 unspecified atom stereocenters. The van der Waals surface area contributed by atoms with Crippen molar-refractivity contribution in [3.05, 3.63) is 59.7 Å². The summed E-state index contributed by atoms with van der Waals surface area (Å²) in [7, 11) is 3.08. The molecule has 8 heteroatoms. The minimum Gasteiger partial charge on any atom is -0.496 e. The normalized spacial score (nSPS) is 15.4. The fourth-order valence-electron chi connectivity index (χ4n) is 3.57. The number of nitrogens with zero attached hydrogens (tertiary/aromatic N) is 1. The summed E-state index contributed by atoms with van der Waals surface area (Å²) in [4.78, 5) is 39.5. The Morgan fingerprint density at radius 3 is 2.52 bits per heavy atom. The number of ether oxygens (including phenoxy) is 2. The van der Waals surface area contributed by atoms with Gasteiger partial charge in [-0.15, -0.1) is 0 Å². The van der Waals surface area contributed by atoms with Gasteiger partial charge < -0.3 is 25.0 Å². The van der Waals surface area contributed by atoms with Crippen molar-refractivity contribution in [2.75, 3.05) is 39.2 Å². The summed E-state index contributed by atoms with van der Waals surface area (Å²) in [5.41, 5.74) is 1.44. The maximum absolute atomic E-state index is 12.9. The molecule has 164 valence electrons. The molecule has 2 aromatic rings. The second-order valence-corrected chi connectivity index (χ2v) is 7.17. The zero-order valence-electron chi connectivity index (χ0n) is 17.7. The minimum atomic E-state index is -0.478. The average molecular weight is 425 g/mol. The largest absolute Gasteiger partial charge is 0.496 e. The topological polar surface area (TPSA) is 97.0 Å². The van der Waals surface area contributed by atoms with Crippen molar-refractivity contribution in [1.82, 2.24) is 10.2 Å². The van der Waals surface area contributed by atoms with E-state index in [0.717, 1.165) is 6.42 Å². The summed E-state index contributed by atoms with van der Waals surface area (Å²) < 4.78 is 10.2. The van der Waals surface area contributed by atoms with Crippen LogP contribution in [0.5, 0.6) is 5.75 Å². The molecule has 3 rings (SSSR count). The molecular weight excluding hydrogens is 398 g/mol. The molecule has 0 bridgehead atoms. The van der Waals surface area contributed by atoms with Gasteiger partial charge in [0, 0.05) is 31.5 Å². The van der Waals surface area contributed by atoms with Crippen LogP contribution in [0.4, 0.5) is 5.69 Å². The van der Waals surface area contributed by atoms with Crippen LogP contribution in [0.1, 0.15) is 33.6 Å². The molecular formula is C23H27N3O5. The van der Waals surface area contributed by atoms with Gasteiger partial charge in [0.2, 0.25) is 5.91 Å². The van der Waals surface area contributed by atoms with E-state index in [4.69, 9.17) is 9.47 Å². The summed E-state index contributed by atoms with van der Waals surface area (Å²) in [5.74, 6) is -0.185. The van der Waals surface area contributed by atoms with E-state index in [-0.39, 0.29) is 17.7 Å². The molecule has 0 radical (unpaired) electrons. The van der Waals surface area contributed by atoms with E-state index >= 15 is 0 Å². The molecule has 1 atom stereocenters. The number of methoxy groups -OCH3 is 2. The van der Waals surface area contributed by atoms with Crippen LogP contribution in [-0.4, -0.2) is 62.6 Å². The Hall–Kier alpha value is -3.39. The highest BCUT2D eigenvalue weighted by Crippen LogP contribution is 2.22. The van der Waals surface area contributed by atoms with Crippen molar-refractivity contribution >= 4 is 23.4 Å². The van der Waals surface area contributed by atoms with Gasteiger partial charge in [0.1, 0.15) is 11.8 Å². The van der Waals surface area contributed by atoms with E-state index < -0.39 is 6.04 Å².